The molecule has 0 atom stereocenters. The number of rotatable bonds is 4. The summed E-state index contributed by atoms with van der Waals surface area (Å²) in [4.78, 5) is 10.0. The molecule has 0 fully saturated rings. The van der Waals surface area contributed by atoms with Gasteiger partial charge in [0.1, 0.15) is 0 Å². The van der Waals surface area contributed by atoms with E-state index in [1.165, 1.54) is 0 Å². The van der Waals surface area contributed by atoms with Crippen molar-refractivity contribution < 1.29 is 4.79 Å². The molecule has 4 heteroatoms. The van der Waals surface area contributed by atoms with Crippen LogP contribution < -0.4 is 11.2 Å². The van der Waals surface area contributed by atoms with Crippen LogP contribution >= 0.6 is 0 Å². The number of carbonyl (C=O) groups excluding carboxylic acids is 1. The number of nitrogens with one attached hydrogen (secondary N) is 1. The van der Waals surface area contributed by atoms with Gasteiger partial charge in [0.25, 0.3) is 0 Å². The molecule has 0 rings (SSSR count). The highest BCUT2D eigenvalue weighted by Gasteiger charge is 1.82. The lowest BCUT2D eigenvalue weighted by Crippen LogP contribution is -2.24. The highest BCUT2D eigenvalue weighted by molar-refractivity contribution is 5.72. The second-order valence-electron chi connectivity index (χ2n) is 1.93. The van der Waals surface area contributed by atoms with Gasteiger partial charge in [0.15, 0.2) is 0 Å². The Morgan fingerprint density at radius 2 is 2.50 bits per heavy atom. The number of nitrogens with zero attached hydrogens (tertiary/aromatic N) is 1. The summed E-state index contributed by atoms with van der Waals surface area (Å²) in [5.41, 5.74) is 6.86. The van der Waals surface area contributed by atoms with Crippen LogP contribution in [-0.2, 0) is 0 Å². The molecule has 0 aliphatic heterocycles. The van der Waals surface area contributed by atoms with Gasteiger partial charge in [0.05, 0.1) is 0 Å². The fourth-order valence-electron chi connectivity index (χ4n) is 0.469. The summed E-state index contributed by atoms with van der Waals surface area (Å²) in [6.07, 6.45) is 4.75. The maximum atomic E-state index is 10.0. The first-order valence-electron chi connectivity index (χ1n) is 3.34. The van der Waals surface area contributed by atoms with Gasteiger partial charge in [-0.05, 0) is 12.8 Å². The number of primary amides is 1. The first kappa shape index (κ1) is 8.94. The summed E-state index contributed by atoms with van der Waals surface area (Å²) < 4.78 is 0. The first-order valence-corrected chi connectivity index (χ1v) is 3.34. The predicted octanol–water partition coefficient (Wildman–Crippen LogP) is 0.831. The SMILES string of the molecule is CCCC/C=N\NC(N)=O. The Hall–Kier alpha value is -1.06. The third kappa shape index (κ3) is 6.94. The zero-order valence-corrected chi connectivity index (χ0v) is 6.13. The van der Waals surface area contributed by atoms with Gasteiger partial charge in [-0.3, -0.25) is 0 Å². The quantitative estimate of drug-likeness (QED) is 0.341. The van der Waals surface area contributed by atoms with Crippen LogP contribution in [0.3, 0.4) is 0 Å². The molecule has 0 aromatic heterocycles. The van der Waals surface area contributed by atoms with Crippen molar-refractivity contribution in [1.82, 2.24) is 5.43 Å². The number of urea groups is 1. The molecule has 4 nitrogen and oxygen atoms in total. The highest BCUT2D eigenvalue weighted by Crippen LogP contribution is 1.88. The molecule has 10 heavy (non-hydrogen) atoms. The van der Waals surface area contributed by atoms with Gasteiger partial charge in [0, 0.05) is 6.21 Å². The Balaban J connectivity index is 3.12. The van der Waals surface area contributed by atoms with Gasteiger partial charge in [-0.25, -0.2) is 10.2 Å². The van der Waals surface area contributed by atoms with E-state index < -0.39 is 6.03 Å². The molecule has 0 bridgehead atoms. The van der Waals surface area contributed by atoms with Crippen LogP contribution in [0.4, 0.5) is 4.79 Å². The number of amides is 2. The number of hydrazone groups is 1. The van der Waals surface area contributed by atoms with Crippen LogP contribution in [0.25, 0.3) is 0 Å². The van der Waals surface area contributed by atoms with Crippen molar-refractivity contribution in [3.05, 3.63) is 0 Å². The molecule has 0 radical (unpaired) electrons. The molecule has 0 heterocycles. The van der Waals surface area contributed by atoms with E-state index in [0.29, 0.717) is 0 Å². The zero-order valence-electron chi connectivity index (χ0n) is 6.13. The third-order valence-electron chi connectivity index (χ3n) is 0.953. The zero-order chi connectivity index (χ0) is 7.82. The lowest BCUT2D eigenvalue weighted by Gasteiger charge is -1.89. The Morgan fingerprint density at radius 3 is 3.00 bits per heavy atom. The molecule has 0 aromatic rings. The van der Waals surface area contributed by atoms with E-state index in [-0.39, 0.29) is 0 Å². The van der Waals surface area contributed by atoms with Gasteiger partial charge >= 0.3 is 6.03 Å². The average Bonchev–Trinajstić information content (AvgIpc) is 1.87. The summed E-state index contributed by atoms with van der Waals surface area (Å²) in [6.45, 7) is 2.09. The van der Waals surface area contributed by atoms with E-state index in [1.807, 2.05) is 0 Å². The van der Waals surface area contributed by atoms with E-state index in [0.717, 1.165) is 19.3 Å². The number of unbranched alkanes of at least 4 members (excludes halogenated alkanes) is 2. The van der Waals surface area contributed by atoms with Crippen LogP contribution in [-0.4, -0.2) is 12.2 Å². The predicted molar refractivity (Wildman–Crippen MR) is 40.7 cm³/mol. The molecule has 3 N–H and O–H groups in total. The van der Waals surface area contributed by atoms with Crippen molar-refractivity contribution in [2.75, 3.05) is 0 Å². The molecule has 0 unspecified atom stereocenters. The van der Waals surface area contributed by atoms with E-state index in [2.05, 4.69) is 17.5 Å². The standard InChI is InChI=1S/C6H13N3O/c1-2-3-4-5-8-9-6(7)10/h5H,2-4H2,1H3,(H3,7,9,10)/b8-5-. The van der Waals surface area contributed by atoms with E-state index in [4.69, 9.17) is 5.73 Å². The second kappa shape index (κ2) is 6.07. The van der Waals surface area contributed by atoms with Crippen LogP contribution in [0.2, 0.25) is 0 Å². The fourth-order valence-corrected chi connectivity index (χ4v) is 0.469. The van der Waals surface area contributed by atoms with Crippen molar-refractivity contribution in [3.63, 3.8) is 0 Å². The van der Waals surface area contributed by atoms with Crippen molar-refractivity contribution in [2.45, 2.75) is 26.2 Å². The van der Waals surface area contributed by atoms with Crippen molar-refractivity contribution >= 4 is 12.2 Å². The maximum Gasteiger partial charge on any atom is 0.332 e. The number of hydrogen-bond acceptors (Lipinski definition) is 2. The number of carbonyl (C=O) groups is 1. The summed E-state index contributed by atoms with van der Waals surface area (Å²) in [6, 6.07) is -0.618. The van der Waals surface area contributed by atoms with Crippen LogP contribution in [0.5, 0.6) is 0 Å². The van der Waals surface area contributed by atoms with Gasteiger partial charge in [-0.15, -0.1) is 0 Å². The molecule has 58 valence electrons. The van der Waals surface area contributed by atoms with Crippen molar-refractivity contribution in [3.8, 4) is 0 Å². The normalized spacial score (nSPS) is 10.1. The van der Waals surface area contributed by atoms with Crippen molar-refractivity contribution in [1.29, 1.82) is 0 Å². The molecular formula is C6H13N3O. The third-order valence-corrected chi connectivity index (χ3v) is 0.953. The molecule has 0 saturated heterocycles. The lowest BCUT2D eigenvalue weighted by atomic mass is 10.3. The molecule has 2 amide bonds. The average molecular weight is 143 g/mol. The summed E-state index contributed by atoms with van der Waals surface area (Å²) >= 11 is 0. The van der Waals surface area contributed by atoms with Crippen LogP contribution in [0.1, 0.15) is 26.2 Å². The van der Waals surface area contributed by atoms with E-state index in [1.54, 1.807) is 6.21 Å². The Morgan fingerprint density at radius 1 is 1.80 bits per heavy atom. The van der Waals surface area contributed by atoms with E-state index >= 15 is 0 Å². The van der Waals surface area contributed by atoms with Gasteiger partial charge in [-0.2, -0.15) is 5.10 Å². The Bertz CT molecular complexity index is 122. The largest absolute Gasteiger partial charge is 0.350 e. The van der Waals surface area contributed by atoms with Gasteiger partial charge < -0.3 is 5.73 Å². The van der Waals surface area contributed by atoms with Crippen molar-refractivity contribution in [2.24, 2.45) is 10.8 Å². The smallest absolute Gasteiger partial charge is 0.332 e. The minimum Gasteiger partial charge on any atom is -0.350 e. The summed E-state index contributed by atoms with van der Waals surface area (Å²) in [7, 11) is 0. The molecule has 0 aliphatic rings. The topological polar surface area (TPSA) is 67.5 Å². The van der Waals surface area contributed by atoms with Gasteiger partial charge in [-0.1, -0.05) is 13.3 Å². The monoisotopic (exact) mass is 143 g/mol. The summed E-state index contributed by atoms with van der Waals surface area (Å²) in [5.74, 6) is 0. The molecule has 0 spiro atoms. The number of nitrogens with two attached hydrogens (primary N) is 1. The Kier molecular flexibility index (Phi) is 5.42. The molecule has 0 saturated carbocycles. The van der Waals surface area contributed by atoms with E-state index in [9.17, 15) is 4.79 Å². The van der Waals surface area contributed by atoms with Crippen LogP contribution in [0.15, 0.2) is 5.10 Å². The minimum absolute atomic E-state index is 0.618. The first-order chi connectivity index (χ1) is 4.77. The number of hydrogen-bond donors (Lipinski definition) is 2. The highest BCUT2D eigenvalue weighted by atomic mass is 16.2. The second-order valence-corrected chi connectivity index (χ2v) is 1.93. The summed E-state index contributed by atoms with van der Waals surface area (Å²) in [5, 5.41) is 3.56. The molecule has 0 aliphatic carbocycles. The Labute approximate surface area is 60.5 Å². The van der Waals surface area contributed by atoms with Gasteiger partial charge in [0.2, 0.25) is 0 Å². The lowest BCUT2D eigenvalue weighted by molar-refractivity contribution is 0.249. The minimum atomic E-state index is -0.618. The molecular weight excluding hydrogens is 130 g/mol. The maximum absolute atomic E-state index is 10.0. The van der Waals surface area contributed by atoms with Crippen LogP contribution in [0, 0.1) is 0 Å². The fraction of sp³-hybridized carbons (Fsp3) is 0.667. The molecule has 0 aromatic carbocycles.